The number of allylic oxidation sites excluding steroid dienone is 1. The molecule has 21 heavy (non-hydrogen) atoms. The smallest absolute Gasteiger partial charge is 0.256 e. The van der Waals surface area contributed by atoms with Gasteiger partial charge in [0, 0.05) is 28.8 Å². The highest BCUT2D eigenvalue weighted by molar-refractivity contribution is 6.36. The van der Waals surface area contributed by atoms with Crippen LogP contribution in [0.4, 0.5) is 11.4 Å². The van der Waals surface area contributed by atoms with Crippen LogP contribution in [-0.4, -0.2) is 16.9 Å². The van der Waals surface area contributed by atoms with E-state index in [1.165, 1.54) is 0 Å². The van der Waals surface area contributed by atoms with Crippen molar-refractivity contribution in [1.29, 1.82) is 5.41 Å². The second-order valence-corrected chi connectivity index (χ2v) is 4.84. The third kappa shape index (κ3) is 2.27. The number of nitrogens with two attached hydrogens (primary N) is 1. The average Bonchev–Trinajstić information content (AvgIpc) is 3.04. The molecular weight excluding hydrogens is 266 g/mol. The number of anilines is 2. The van der Waals surface area contributed by atoms with Crippen LogP contribution >= 0.6 is 0 Å². The normalized spacial score (nSPS) is 15.4. The van der Waals surface area contributed by atoms with E-state index in [0.29, 0.717) is 11.3 Å². The van der Waals surface area contributed by atoms with Crippen molar-refractivity contribution in [3.63, 3.8) is 0 Å². The van der Waals surface area contributed by atoms with Gasteiger partial charge in [-0.15, -0.1) is 0 Å². The fraction of sp³-hybridized carbons (Fsp3) is 0.0667. The first-order chi connectivity index (χ1) is 10.1. The van der Waals surface area contributed by atoms with E-state index >= 15 is 0 Å². The molecule has 0 spiro atoms. The maximum atomic E-state index is 12.2. The average molecular weight is 281 g/mol. The molecule has 0 bridgehead atoms. The van der Waals surface area contributed by atoms with Crippen molar-refractivity contribution in [2.24, 2.45) is 5.73 Å². The Morgan fingerprint density at radius 3 is 2.81 bits per heavy atom. The van der Waals surface area contributed by atoms with Crippen molar-refractivity contribution in [1.82, 2.24) is 4.98 Å². The number of carbonyl (C=O) groups excluding carboxylic acids is 1. The van der Waals surface area contributed by atoms with Gasteiger partial charge in [0.05, 0.1) is 5.57 Å². The number of carbonyl (C=O) groups is 1. The first kappa shape index (κ1) is 13.0. The van der Waals surface area contributed by atoms with Gasteiger partial charge in [0.1, 0.15) is 0 Å². The lowest BCUT2D eigenvalue weighted by Gasteiger charge is -2.07. The van der Waals surface area contributed by atoms with Crippen molar-refractivity contribution in [2.75, 3.05) is 10.6 Å². The van der Waals surface area contributed by atoms with Crippen molar-refractivity contribution in [2.45, 2.75) is 6.92 Å². The summed E-state index contributed by atoms with van der Waals surface area (Å²) in [4.78, 5) is 15.3. The van der Waals surface area contributed by atoms with E-state index in [1.54, 1.807) is 12.1 Å². The zero-order chi connectivity index (χ0) is 15.0. The van der Waals surface area contributed by atoms with Gasteiger partial charge in [0.25, 0.3) is 5.91 Å². The Kier molecular flexibility index (Phi) is 2.98. The molecule has 106 valence electrons. The van der Waals surface area contributed by atoms with Crippen molar-refractivity contribution in [3.8, 4) is 0 Å². The third-order valence-corrected chi connectivity index (χ3v) is 3.42. The van der Waals surface area contributed by atoms with Gasteiger partial charge in [0.2, 0.25) is 0 Å². The number of guanidine groups is 1. The molecule has 0 saturated carbocycles. The van der Waals surface area contributed by atoms with E-state index < -0.39 is 0 Å². The van der Waals surface area contributed by atoms with Crippen LogP contribution < -0.4 is 16.4 Å². The Hall–Kier alpha value is -3.02. The fourth-order valence-corrected chi connectivity index (χ4v) is 2.47. The van der Waals surface area contributed by atoms with E-state index in [1.807, 2.05) is 31.3 Å². The second kappa shape index (κ2) is 4.82. The number of benzene rings is 1. The molecule has 2 aromatic rings. The third-order valence-electron chi connectivity index (χ3n) is 3.42. The molecule has 1 aromatic carbocycles. The maximum absolute atomic E-state index is 12.2. The van der Waals surface area contributed by atoms with Crippen LogP contribution in [0.2, 0.25) is 0 Å². The SMILES string of the molecule is CC(=C1C(=O)Nc2ccc(NC(=N)N)cc21)c1ccc[nH]1. The largest absolute Gasteiger partial charge is 0.370 e. The fourth-order valence-electron chi connectivity index (χ4n) is 2.47. The van der Waals surface area contributed by atoms with Crippen LogP contribution in [0, 0.1) is 5.41 Å². The molecule has 1 aliphatic rings. The number of fused-ring (bicyclic) bond motifs is 1. The Morgan fingerprint density at radius 1 is 1.33 bits per heavy atom. The predicted molar refractivity (Wildman–Crippen MR) is 83.9 cm³/mol. The lowest BCUT2D eigenvalue weighted by molar-refractivity contribution is -0.110. The number of rotatable bonds is 2. The van der Waals surface area contributed by atoms with Gasteiger partial charge in [-0.1, -0.05) is 0 Å². The number of H-pyrrole nitrogens is 1. The quantitative estimate of drug-likeness (QED) is 0.331. The minimum absolute atomic E-state index is 0.128. The summed E-state index contributed by atoms with van der Waals surface area (Å²) in [7, 11) is 0. The summed E-state index contributed by atoms with van der Waals surface area (Å²) in [6.07, 6.45) is 1.82. The Bertz CT molecular complexity index is 758. The van der Waals surface area contributed by atoms with Gasteiger partial charge < -0.3 is 21.4 Å². The van der Waals surface area contributed by atoms with Crippen molar-refractivity contribution < 1.29 is 4.79 Å². The van der Waals surface area contributed by atoms with Gasteiger partial charge in [-0.25, -0.2) is 0 Å². The minimum atomic E-state index is -0.140. The highest BCUT2D eigenvalue weighted by atomic mass is 16.2. The number of nitrogens with one attached hydrogen (secondary N) is 4. The van der Waals surface area contributed by atoms with E-state index in [0.717, 1.165) is 22.5 Å². The topological polar surface area (TPSA) is 107 Å². The molecule has 0 atom stereocenters. The van der Waals surface area contributed by atoms with E-state index in [2.05, 4.69) is 15.6 Å². The number of aromatic amines is 1. The van der Waals surface area contributed by atoms with Crippen molar-refractivity contribution >= 4 is 34.4 Å². The van der Waals surface area contributed by atoms with Crippen LogP contribution in [0.15, 0.2) is 36.5 Å². The Labute approximate surface area is 121 Å². The minimum Gasteiger partial charge on any atom is -0.370 e. The molecule has 0 fully saturated rings. The molecule has 0 aliphatic carbocycles. The van der Waals surface area contributed by atoms with Gasteiger partial charge in [-0.05, 0) is 42.8 Å². The molecule has 0 unspecified atom stereocenters. The van der Waals surface area contributed by atoms with Gasteiger partial charge >= 0.3 is 0 Å². The van der Waals surface area contributed by atoms with Gasteiger partial charge in [-0.2, -0.15) is 0 Å². The summed E-state index contributed by atoms with van der Waals surface area (Å²) in [5.41, 5.74) is 9.98. The molecule has 3 rings (SSSR count). The Morgan fingerprint density at radius 2 is 2.14 bits per heavy atom. The zero-order valence-electron chi connectivity index (χ0n) is 11.4. The number of aromatic nitrogens is 1. The molecular formula is C15H15N5O. The molecule has 1 amide bonds. The maximum Gasteiger partial charge on any atom is 0.256 e. The zero-order valence-corrected chi connectivity index (χ0v) is 11.4. The molecule has 0 saturated heterocycles. The molecule has 6 N–H and O–H groups in total. The molecule has 2 heterocycles. The predicted octanol–water partition coefficient (Wildman–Crippen LogP) is 2.20. The highest BCUT2D eigenvalue weighted by Gasteiger charge is 2.27. The van der Waals surface area contributed by atoms with E-state index in [4.69, 9.17) is 11.1 Å². The standard InChI is InChI=1S/C15H15N5O/c1-8(11-3-2-6-18-11)13-10-7-9(19-15(16)17)4-5-12(10)20-14(13)21/h2-7,18H,1H3,(H,20,21)(H4,16,17,19). The summed E-state index contributed by atoms with van der Waals surface area (Å²) in [6, 6.07) is 9.20. The highest BCUT2D eigenvalue weighted by Crippen LogP contribution is 2.37. The van der Waals surface area contributed by atoms with Crippen LogP contribution in [0.1, 0.15) is 18.2 Å². The lowest BCUT2D eigenvalue weighted by atomic mass is 9.99. The van der Waals surface area contributed by atoms with Crippen LogP contribution in [-0.2, 0) is 4.79 Å². The van der Waals surface area contributed by atoms with Crippen LogP contribution in [0.3, 0.4) is 0 Å². The molecule has 1 aromatic heterocycles. The molecule has 1 aliphatic heterocycles. The molecule has 0 radical (unpaired) electrons. The second-order valence-electron chi connectivity index (χ2n) is 4.84. The number of hydrogen-bond donors (Lipinski definition) is 5. The van der Waals surface area contributed by atoms with Crippen LogP contribution in [0.5, 0.6) is 0 Å². The molecule has 6 nitrogen and oxygen atoms in total. The summed E-state index contributed by atoms with van der Waals surface area (Å²) in [6.45, 7) is 1.90. The van der Waals surface area contributed by atoms with E-state index in [-0.39, 0.29) is 11.9 Å². The monoisotopic (exact) mass is 281 g/mol. The van der Waals surface area contributed by atoms with Gasteiger partial charge in [-0.3, -0.25) is 10.2 Å². The number of amides is 1. The van der Waals surface area contributed by atoms with E-state index in [9.17, 15) is 4.79 Å². The number of hydrogen-bond acceptors (Lipinski definition) is 2. The molecule has 6 heteroatoms. The summed E-state index contributed by atoms with van der Waals surface area (Å²) in [5.74, 6) is -0.268. The first-order valence-electron chi connectivity index (χ1n) is 6.47. The van der Waals surface area contributed by atoms with Crippen LogP contribution in [0.25, 0.3) is 11.1 Å². The lowest BCUT2D eigenvalue weighted by Crippen LogP contribution is -2.20. The first-order valence-corrected chi connectivity index (χ1v) is 6.47. The summed E-state index contributed by atoms with van der Waals surface area (Å²) in [5, 5.41) is 12.9. The Balaban J connectivity index is 2.12. The van der Waals surface area contributed by atoms with Crippen molar-refractivity contribution in [3.05, 3.63) is 47.8 Å². The summed E-state index contributed by atoms with van der Waals surface area (Å²) < 4.78 is 0. The van der Waals surface area contributed by atoms with Gasteiger partial charge in [0.15, 0.2) is 5.96 Å². The summed E-state index contributed by atoms with van der Waals surface area (Å²) >= 11 is 0.